The zero-order chi connectivity index (χ0) is 22.1. The first kappa shape index (κ1) is 13.3. The molecule has 1 N–H and O–H groups in total. The van der Waals surface area contributed by atoms with E-state index in [1.165, 1.54) is 6.20 Å². The summed E-state index contributed by atoms with van der Waals surface area (Å²) in [6.45, 7) is 3.85. The summed E-state index contributed by atoms with van der Waals surface area (Å²) in [4.78, 5) is 29.1. The lowest BCUT2D eigenvalue weighted by Crippen LogP contribution is -2.47. The summed E-state index contributed by atoms with van der Waals surface area (Å²) in [6.07, 6.45) is 2.39. The number of rotatable bonds is 4. The second kappa shape index (κ2) is 7.77. The third-order valence-corrected chi connectivity index (χ3v) is 4.55. The maximum atomic E-state index is 12.4. The minimum atomic E-state index is -0.401. The lowest BCUT2D eigenvalue weighted by Gasteiger charge is -2.31. The molecule has 0 aliphatic carbocycles. The van der Waals surface area contributed by atoms with Gasteiger partial charge >= 0.3 is 0 Å². The van der Waals surface area contributed by atoms with Crippen LogP contribution >= 0.6 is 0 Å². The van der Waals surface area contributed by atoms with Crippen LogP contribution in [0.25, 0.3) is 22.0 Å². The van der Waals surface area contributed by atoms with Gasteiger partial charge in [0.25, 0.3) is 0 Å². The molecule has 0 spiro atoms. The van der Waals surface area contributed by atoms with E-state index in [1.807, 2.05) is 0 Å². The highest BCUT2D eigenvalue weighted by Crippen LogP contribution is 2.23. The molecule has 4 heterocycles. The molecule has 1 saturated heterocycles. The van der Waals surface area contributed by atoms with Gasteiger partial charge in [-0.25, -0.2) is 4.98 Å². The molecular formula is C20H22N6O. The number of amides is 1. The molecule has 1 amide bonds. The van der Waals surface area contributed by atoms with E-state index in [0.717, 1.165) is 26.2 Å². The number of anilines is 1. The van der Waals surface area contributed by atoms with Gasteiger partial charge in [0, 0.05) is 61.2 Å². The zero-order valence-electron chi connectivity index (χ0n) is 19.0. The number of hydrogen-bond donors (Lipinski definition) is 1. The molecule has 7 nitrogen and oxygen atoms in total. The van der Waals surface area contributed by atoms with Crippen LogP contribution < -0.4 is 5.32 Å². The number of likely N-dealkylation sites (N-methyl/N-ethyl adjacent to an activating group) is 1. The molecule has 1 aliphatic rings. The Bertz CT molecular complexity index is 1150. The Morgan fingerprint density at radius 2 is 2.04 bits per heavy atom. The van der Waals surface area contributed by atoms with E-state index in [4.69, 9.17) is 5.48 Å². The van der Waals surface area contributed by atoms with Gasteiger partial charge in [-0.2, -0.15) is 0 Å². The van der Waals surface area contributed by atoms with Crippen molar-refractivity contribution in [2.45, 2.75) is 0 Å². The number of nitrogens with zero attached hydrogens (tertiary/aromatic N) is 5. The van der Waals surface area contributed by atoms with Crippen LogP contribution in [0.3, 0.4) is 0 Å². The first-order chi connectivity index (χ1) is 14.8. The van der Waals surface area contributed by atoms with Crippen molar-refractivity contribution in [1.82, 2.24) is 24.8 Å². The van der Waals surface area contributed by atoms with Gasteiger partial charge in [-0.15, -0.1) is 0 Å². The number of nitrogens with one attached hydrogen (secondary N) is 1. The fraction of sp³-hybridized carbons (Fsp3) is 0.300. The highest BCUT2D eigenvalue weighted by Gasteiger charge is 2.16. The van der Waals surface area contributed by atoms with Gasteiger partial charge < -0.3 is 10.2 Å². The Balaban J connectivity index is 1.57. The van der Waals surface area contributed by atoms with Crippen LogP contribution in [0.4, 0.5) is 5.82 Å². The Morgan fingerprint density at radius 1 is 1.19 bits per heavy atom. The van der Waals surface area contributed by atoms with Gasteiger partial charge in [-0.3, -0.25) is 19.7 Å². The van der Waals surface area contributed by atoms with Gasteiger partial charge in [-0.05, 0) is 25.2 Å². The third-order valence-electron chi connectivity index (χ3n) is 4.55. The molecule has 3 aromatic heterocycles. The van der Waals surface area contributed by atoms with E-state index >= 15 is 0 Å². The summed E-state index contributed by atoms with van der Waals surface area (Å²) in [5.41, 5.74) is 1.19. The molecular weight excluding hydrogens is 340 g/mol. The Morgan fingerprint density at radius 3 is 2.89 bits per heavy atom. The van der Waals surface area contributed by atoms with Crippen LogP contribution in [-0.2, 0) is 4.79 Å². The van der Waals surface area contributed by atoms with Crippen molar-refractivity contribution >= 4 is 22.6 Å². The third kappa shape index (κ3) is 4.27. The highest BCUT2D eigenvalue weighted by atomic mass is 16.2. The van der Waals surface area contributed by atoms with Gasteiger partial charge in [0.2, 0.25) is 5.91 Å². The molecule has 0 unspecified atom stereocenters. The lowest BCUT2D eigenvalue weighted by molar-refractivity contribution is -0.117. The topological polar surface area (TPSA) is 74.2 Å². The average Bonchev–Trinajstić information content (AvgIpc) is 2.73. The van der Waals surface area contributed by atoms with Crippen molar-refractivity contribution in [2.24, 2.45) is 0 Å². The van der Waals surface area contributed by atoms with E-state index in [0.29, 0.717) is 28.8 Å². The Hall–Kier alpha value is -2.90. The van der Waals surface area contributed by atoms with Crippen LogP contribution in [-0.4, -0.2) is 70.4 Å². The molecule has 1 aliphatic heterocycles. The molecule has 7 heteroatoms. The average molecular weight is 366 g/mol. The first-order valence-corrected chi connectivity index (χ1v) is 8.73. The number of carbonyl (C=O) groups excluding carboxylic acids is 1. The molecule has 4 rings (SSSR count). The molecule has 1 fully saturated rings. The summed E-state index contributed by atoms with van der Waals surface area (Å²) in [7, 11) is 2.06. The fourth-order valence-corrected chi connectivity index (χ4v) is 2.99. The number of carbonyl (C=O) groups is 1. The first-order valence-electron chi connectivity index (χ1n) is 10.7. The highest BCUT2D eigenvalue weighted by molar-refractivity contribution is 5.93. The van der Waals surface area contributed by atoms with Crippen LogP contribution in [0.1, 0.15) is 5.48 Å². The molecule has 0 atom stereocenters. The second-order valence-corrected chi connectivity index (χ2v) is 6.57. The van der Waals surface area contributed by atoms with Crippen molar-refractivity contribution in [3.63, 3.8) is 0 Å². The molecule has 138 valence electrons. The maximum Gasteiger partial charge on any atom is 0.239 e. The van der Waals surface area contributed by atoms with Gasteiger partial charge in [0.1, 0.15) is 5.82 Å². The van der Waals surface area contributed by atoms with Crippen molar-refractivity contribution in [1.29, 1.82) is 0 Å². The zero-order valence-corrected chi connectivity index (χ0v) is 15.0. The van der Waals surface area contributed by atoms with Crippen LogP contribution in [0.5, 0.6) is 0 Å². The van der Waals surface area contributed by atoms with Crippen molar-refractivity contribution in [3.05, 3.63) is 49.0 Å². The van der Waals surface area contributed by atoms with Crippen LogP contribution in [0, 0.1) is 0 Å². The van der Waals surface area contributed by atoms with E-state index in [9.17, 15) is 4.79 Å². The number of hydrogen-bond acceptors (Lipinski definition) is 6. The van der Waals surface area contributed by atoms with Gasteiger partial charge in [0.15, 0.2) is 0 Å². The lowest BCUT2D eigenvalue weighted by atomic mass is 10.1. The maximum absolute atomic E-state index is 12.4. The van der Waals surface area contributed by atoms with Crippen molar-refractivity contribution in [3.8, 4) is 11.1 Å². The summed E-state index contributed by atoms with van der Waals surface area (Å²) in [5.74, 6) is 0.250. The Labute approximate surface area is 163 Å². The number of pyridine rings is 3. The fourth-order valence-electron chi connectivity index (χ4n) is 2.99. The summed E-state index contributed by atoms with van der Waals surface area (Å²) >= 11 is 0. The monoisotopic (exact) mass is 366 g/mol. The SMILES string of the molecule is [2H]c1nc([2H])c(-c2cnc3cnc(NC(=O)CN4CCN(C)CC4)cc3c2)c([2H])c1[2H]. The minimum absolute atomic E-state index is 0.142. The van der Waals surface area contributed by atoms with Gasteiger partial charge in [-0.1, -0.05) is 6.04 Å². The number of piperazine rings is 1. The second-order valence-electron chi connectivity index (χ2n) is 6.57. The quantitative estimate of drug-likeness (QED) is 0.760. The Kier molecular flexibility index (Phi) is 3.83. The minimum Gasteiger partial charge on any atom is -0.310 e. The summed E-state index contributed by atoms with van der Waals surface area (Å²) in [6, 6.07) is 2.84. The number of fused-ring (bicyclic) bond motifs is 1. The summed E-state index contributed by atoms with van der Waals surface area (Å²) in [5, 5.41) is 3.49. The van der Waals surface area contributed by atoms with Gasteiger partial charge in [0.05, 0.1) is 23.7 Å². The van der Waals surface area contributed by atoms with E-state index in [-0.39, 0.29) is 29.7 Å². The summed E-state index contributed by atoms with van der Waals surface area (Å²) < 4.78 is 31.5. The van der Waals surface area contributed by atoms with E-state index in [1.54, 1.807) is 18.3 Å². The standard InChI is InChI=1S/C20H22N6O/c1-25-5-7-26(8-6-25)14-20(27)24-19-10-16-9-17(12-22-18(16)13-23-19)15-3-2-4-21-11-15/h2-4,9-13H,5-8,14H2,1H3,(H,23,24,27)/i2D,3D,4D,11D. The predicted octanol–water partition coefficient (Wildman–Crippen LogP) is 1.88. The predicted molar refractivity (Wildman–Crippen MR) is 105 cm³/mol. The molecule has 0 radical (unpaired) electrons. The number of aromatic nitrogens is 3. The molecule has 0 saturated carbocycles. The molecule has 27 heavy (non-hydrogen) atoms. The van der Waals surface area contributed by atoms with E-state index in [2.05, 4.69) is 37.1 Å². The van der Waals surface area contributed by atoms with Crippen molar-refractivity contribution < 1.29 is 10.3 Å². The van der Waals surface area contributed by atoms with Crippen LogP contribution in [0.2, 0.25) is 0 Å². The molecule has 3 aromatic rings. The smallest absolute Gasteiger partial charge is 0.239 e. The van der Waals surface area contributed by atoms with Crippen LogP contribution in [0.15, 0.2) is 49.0 Å². The largest absolute Gasteiger partial charge is 0.310 e. The normalized spacial score (nSPS) is 17.8. The van der Waals surface area contributed by atoms with Crippen molar-refractivity contribution in [2.75, 3.05) is 45.1 Å². The molecule has 0 bridgehead atoms. The molecule has 0 aromatic carbocycles. The van der Waals surface area contributed by atoms with E-state index < -0.39 is 6.17 Å².